The second-order valence-electron chi connectivity index (χ2n) is 10.7. The number of halogens is 3. The summed E-state index contributed by atoms with van der Waals surface area (Å²) in [5.41, 5.74) is 6.54. The van der Waals surface area contributed by atoms with Crippen molar-refractivity contribution in [2.75, 3.05) is 48.4 Å². The first-order valence-electron chi connectivity index (χ1n) is 13.8. The number of piperidine rings is 1. The monoisotopic (exact) mass is 653 g/mol. The number of pyridine rings is 1. The fourth-order valence-corrected chi connectivity index (χ4v) is 6.74. The van der Waals surface area contributed by atoms with E-state index >= 15 is 0 Å². The number of hydrogen-bond donors (Lipinski definition) is 3. The summed E-state index contributed by atoms with van der Waals surface area (Å²) in [4.78, 5) is 25.5. The number of hydrogen-bond acceptors (Lipinski definition) is 12. The van der Waals surface area contributed by atoms with Gasteiger partial charge in [0.2, 0.25) is 5.95 Å². The highest BCUT2D eigenvalue weighted by Crippen LogP contribution is 2.42. The van der Waals surface area contributed by atoms with E-state index in [9.17, 15) is 0 Å². The average molecular weight is 655 g/mol. The fourth-order valence-electron chi connectivity index (χ4n) is 5.56. The van der Waals surface area contributed by atoms with Crippen LogP contribution in [-0.4, -0.2) is 76.0 Å². The van der Waals surface area contributed by atoms with Gasteiger partial charge < -0.3 is 30.7 Å². The predicted octanol–water partition coefficient (Wildman–Crippen LogP) is 5.21. The Kier molecular flexibility index (Phi) is 10.1. The Morgan fingerprint density at radius 3 is 2.62 bits per heavy atom. The molecule has 15 heteroatoms. The van der Waals surface area contributed by atoms with E-state index < -0.39 is 0 Å². The number of nitrogens with zero attached hydrogens (tertiary/aromatic N) is 6. The van der Waals surface area contributed by atoms with Crippen molar-refractivity contribution in [1.82, 2.24) is 24.9 Å². The van der Waals surface area contributed by atoms with E-state index in [1.165, 1.54) is 18.0 Å². The molecule has 226 valence electrons. The number of aromatic nitrogens is 5. The topological polar surface area (TPSA) is 136 Å². The van der Waals surface area contributed by atoms with Gasteiger partial charge in [-0.25, -0.2) is 19.9 Å². The molecule has 3 aromatic rings. The maximum atomic E-state index is 6.72. The molecule has 3 fully saturated rings. The van der Waals surface area contributed by atoms with Crippen LogP contribution in [0.1, 0.15) is 32.6 Å². The zero-order chi connectivity index (χ0) is 28.4. The van der Waals surface area contributed by atoms with Crippen LogP contribution in [0, 0.1) is 5.41 Å². The van der Waals surface area contributed by atoms with Gasteiger partial charge in [-0.15, -0.1) is 12.4 Å². The normalized spacial score (nSPS) is 23.1. The number of ether oxygens (including phenoxy) is 2. The summed E-state index contributed by atoms with van der Waals surface area (Å²) < 4.78 is 11.5. The van der Waals surface area contributed by atoms with Gasteiger partial charge >= 0.3 is 0 Å². The minimum Gasteiger partial charge on any atom is -0.376 e. The second kappa shape index (κ2) is 13.6. The lowest BCUT2D eigenvalue weighted by atomic mass is 9.73. The van der Waals surface area contributed by atoms with Crippen LogP contribution in [0.4, 0.5) is 23.4 Å². The minimum atomic E-state index is 0. The highest BCUT2D eigenvalue weighted by Gasteiger charge is 2.47. The van der Waals surface area contributed by atoms with E-state index in [2.05, 4.69) is 47.4 Å². The molecule has 3 saturated heterocycles. The van der Waals surface area contributed by atoms with Gasteiger partial charge in [0.25, 0.3) is 0 Å². The van der Waals surface area contributed by atoms with Gasteiger partial charge in [-0.1, -0.05) is 35.0 Å². The van der Waals surface area contributed by atoms with E-state index in [1.807, 2.05) is 12.3 Å². The summed E-state index contributed by atoms with van der Waals surface area (Å²) in [6.45, 7) is 5.99. The standard InChI is InChI=1S/C27H33Cl2N9O2S.ClH/c1-16-23(30)27(15-40-16)5-8-38(9-6-27)20-13-33-21(14-32-20)41-19-4-7-31-25(22(19)29)37-26-35-12-18(28)24(36-26)34-11-17-3-2-10-39-17;/h4,7,12-14,16-17,23H,2-3,5-6,8-11,15,30H2,1H3,(H2,31,34,35,36,37);1H/t16-,17+,23+;/m0./s1. The molecular weight excluding hydrogens is 621 g/mol. The molecule has 3 atom stereocenters. The first-order valence-corrected chi connectivity index (χ1v) is 15.4. The van der Waals surface area contributed by atoms with E-state index in [4.69, 9.17) is 38.4 Å². The molecule has 3 aromatic heterocycles. The summed E-state index contributed by atoms with van der Waals surface area (Å²) >= 11 is 14.4. The lowest BCUT2D eigenvalue weighted by molar-refractivity contribution is 0.0974. The number of anilines is 4. The van der Waals surface area contributed by atoms with E-state index in [0.717, 1.165) is 67.7 Å². The van der Waals surface area contributed by atoms with E-state index in [-0.39, 0.29) is 36.1 Å². The molecule has 0 bridgehead atoms. The molecule has 1 spiro atoms. The third kappa shape index (κ3) is 6.80. The van der Waals surface area contributed by atoms with Crippen molar-refractivity contribution in [3.8, 4) is 0 Å². The molecule has 11 nitrogen and oxygen atoms in total. The van der Waals surface area contributed by atoms with Crippen LogP contribution >= 0.6 is 47.4 Å². The Morgan fingerprint density at radius 2 is 1.93 bits per heavy atom. The Hall–Kier alpha value is -2.19. The fraction of sp³-hybridized carbons (Fsp3) is 0.519. The molecular formula is C27H34Cl3N9O2S. The summed E-state index contributed by atoms with van der Waals surface area (Å²) in [6, 6.07) is 1.92. The number of nitrogens with two attached hydrogens (primary N) is 1. The first kappa shape index (κ1) is 31.2. The molecule has 3 aliphatic rings. The lowest BCUT2D eigenvalue weighted by Gasteiger charge is -2.41. The van der Waals surface area contributed by atoms with Crippen LogP contribution in [0.3, 0.4) is 0 Å². The summed E-state index contributed by atoms with van der Waals surface area (Å²) in [5.74, 6) is 2.14. The van der Waals surface area contributed by atoms with Crippen molar-refractivity contribution in [2.24, 2.45) is 11.1 Å². The van der Waals surface area contributed by atoms with Gasteiger partial charge in [-0.3, -0.25) is 0 Å². The third-order valence-corrected chi connectivity index (χ3v) is 9.86. The van der Waals surface area contributed by atoms with Crippen LogP contribution in [0.5, 0.6) is 0 Å². The zero-order valence-corrected chi connectivity index (χ0v) is 26.3. The average Bonchev–Trinajstić information content (AvgIpc) is 3.61. The van der Waals surface area contributed by atoms with Crippen molar-refractivity contribution in [2.45, 2.75) is 60.8 Å². The van der Waals surface area contributed by atoms with Gasteiger partial charge in [-0.2, -0.15) is 4.98 Å². The minimum absolute atomic E-state index is 0. The van der Waals surface area contributed by atoms with Gasteiger partial charge in [0.1, 0.15) is 15.9 Å². The van der Waals surface area contributed by atoms with Crippen LogP contribution < -0.4 is 21.3 Å². The van der Waals surface area contributed by atoms with Gasteiger partial charge in [-0.05, 0) is 38.7 Å². The quantitative estimate of drug-likeness (QED) is 0.294. The van der Waals surface area contributed by atoms with E-state index in [1.54, 1.807) is 12.4 Å². The van der Waals surface area contributed by atoms with Crippen molar-refractivity contribution >= 4 is 70.8 Å². The number of rotatable bonds is 8. The Bertz CT molecular complexity index is 1360. The van der Waals surface area contributed by atoms with Crippen molar-refractivity contribution in [3.63, 3.8) is 0 Å². The third-order valence-electron chi connectivity index (χ3n) is 8.11. The largest absolute Gasteiger partial charge is 0.376 e. The van der Waals surface area contributed by atoms with Crippen molar-refractivity contribution in [3.05, 3.63) is 40.9 Å². The highest BCUT2D eigenvalue weighted by molar-refractivity contribution is 7.99. The lowest BCUT2D eigenvalue weighted by Crippen LogP contribution is -2.50. The maximum Gasteiger partial charge on any atom is 0.230 e. The molecule has 0 unspecified atom stereocenters. The Balaban J connectivity index is 0.00000353. The Morgan fingerprint density at radius 1 is 1.10 bits per heavy atom. The molecule has 6 rings (SSSR count). The molecule has 42 heavy (non-hydrogen) atoms. The molecule has 0 radical (unpaired) electrons. The summed E-state index contributed by atoms with van der Waals surface area (Å²) in [5, 5.41) is 7.94. The molecule has 3 aliphatic heterocycles. The smallest absolute Gasteiger partial charge is 0.230 e. The summed E-state index contributed by atoms with van der Waals surface area (Å²) in [7, 11) is 0. The molecule has 0 aromatic carbocycles. The van der Waals surface area contributed by atoms with E-state index in [0.29, 0.717) is 34.2 Å². The maximum absolute atomic E-state index is 6.72. The van der Waals surface area contributed by atoms with Gasteiger partial charge in [0.05, 0.1) is 42.4 Å². The first-order chi connectivity index (χ1) is 19.9. The van der Waals surface area contributed by atoms with Crippen molar-refractivity contribution < 1.29 is 9.47 Å². The molecule has 0 saturated carbocycles. The predicted molar refractivity (Wildman–Crippen MR) is 168 cm³/mol. The van der Waals surface area contributed by atoms with Gasteiger partial charge in [0.15, 0.2) is 11.6 Å². The SMILES string of the molecule is C[C@@H]1OCC2(CCN(c3cnc(Sc4ccnc(Nc5ncc(Cl)c(NC[C@H]6CCCO6)n5)c4Cl)cn3)CC2)[C@@H]1N.Cl. The van der Waals surface area contributed by atoms with Crippen molar-refractivity contribution in [1.29, 1.82) is 0 Å². The van der Waals surface area contributed by atoms with Crippen LogP contribution in [0.25, 0.3) is 0 Å². The molecule has 6 heterocycles. The number of nitrogens with one attached hydrogen (secondary N) is 2. The highest BCUT2D eigenvalue weighted by atomic mass is 35.5. The molecule has 0 aliphatic carbocycles. The van der Waals surface area contributed by atoms with Crippen LogP contribution in [-0.2, 0) is 9.47 Å². The summed E-state index contributed by atoms with van der Waals surface area (Å²) in [6.07, 6.45) is 11.1. The second-order valence-corrected chi connectivity index (χ2v) is 12.6. The van der Waals surface area contributed by atoms with Crippen LogP contribution in [0.15, 0.2) is 40.8 Å². The molecule has 4 N–H and O–H groups in total. The van der Waals surface area contributed by atoms with Gasteiger partial charge in [0, 0.05) is 48.8 Å². The molecule has 0 amide bonds. The zero-order valence-electron chi connectivity index (χ0n) is 23.1. The van der Waals surface area contributed by atoms with Crippen LogP contribution in [0.2, 0.25) is 10.0 Å². The Labute approximate surface area is 265 Å².